The van der Waals surface area contributed by atoms with Crippen molar-refractivity contribution in [3.63, 3.8) is 0 Å². The van der Waals surface area contributed by atoms with Crippen LogP contribution < -0.4 is 15.2 Å². The number of nitrogens with one attached hydrogen (secondary N) is 2. The number of ether oxygens (including phenoxy) is 1. The Labute approximate surface area is 123 Å². The summed E-state index contributed by atoms with van der Waals surface area (Å²) in [5.74, 6) is 0.707. The summed E-state index contributed by atoms with van der Waals surface area (Å²) in [5.41, 5.74) is 6.99. The zero-order chi connectivity index (χ0) is 15.3. The Morgan fingerprint density at radius 3 is 2.95 bits per heavy atom. The molecule has 0 aliphatic carbocycles. The predicted octanol–water partition coefficient (Wildman–Crippen LogP) is 0.534. The molecule has 0 amide bonds. The standard InChI is InChI=1S/C13H18N4O3S/c1-10-3-2-4-12(7-10)20-6-5-16-21(18,19)13-11(8-14)9-15-17-13/h2-4,7,9,16H,5-6,8,14H2,1H3,(H,15,17). The van der Waals surface area contributed by atoms with Gasteiger partial charge in [-0.15, -0.1) is 0 Å². The zero-order valence-corrected chi connectivity index (χ0v) is 12.5. The minimum absolute atomic E-state index is 0.000514. The first kappa shape index (κ1) is 15.5. The molecule has 2 aromatic rings. The summed E-state index contributed by atoms with van der Waals surface area (Å²) in [7, 11) is -3.65. The molecule has 0 saturated carbocycles. The number of nitrogens with two attached hydrogens (primary N) is 1. The van der Waals surface area contributed by atoms with Crippen molar-refractivity contribution in [3.8, 4) is 5.75 Å². The Bertz CT molecular complexity index is 697. The molecule has 4 N–H and O–H groups in total. The van der Waals surface area contributed by atoms with Crippen molar-refractivity contribution >= 4 is 10.0 Å². The van der Waals surface area contributed by atoms with Crippen LogP contribution in [0.1, 0.15) is 11.1 Å². The fourth-order valence-electron chi connectivity index (χ4n) is 1.80. The molecule has 0 atom stereocenters. The molecule has 0 aliphatic heterocycles. The van der Waals surface area contributed by atoms with Gasteiger partial charge in [-0.2, -0.15) is 5.10 Å². The zero-order valence-electron chi connectivity index (χ0n) is 11.7. The topological polar surface area (TPSA) is 110 Å². The van der Waals surface area contributed by atoms with Crippen molar-refractivity contribution in [2.24, 2.45) is 5.73 Å². The molecule has 21 heavy (non-hydrogen) atoms. The second-order valence-electron chi connectivity index (χ2n) is 4.49. The van der Waals surface area contributed by atoms with Gasteiger partial charge in [0.2, 0.25) is 0 Å². The Balaban J connectivity index is 1.88. The van der Waals surface area contributed by atoms with Gasteiger partial charge in [0, 0.05) is 18.7 Å². The van der Waals surface area contributed by atoms with Gasteiger partial charge in [0.15, 0.2) is 5.03 Å². The average Bonchev–Trinajstić information content (AvgIpc) is 2.93. The number of aryl methyl sites for hydroxylation is 1. The van der Waals surface area contributed by atoms with Crippen LogP contribution in [0.3, 0.4) is 0 Å². The van der Waals surface area contributed by atoms with Crippen LogP contribution in [0.2, 0.25) is 0 Å². The van der Waals surface area contributed by atoms with E-state index < -0.39 is 10.0 Å². The normalized spacial score (nSPS) is 11.5. The van der Waals surface area contributed by atoms with Gasteiger partial charge in [-0.05, 0) is 24.6 Å². The van der Waals surface area contributed by atoms with Gasteiger partial charge in [-0.25, -0.2) is 13.1 Å². The van der Waals surface area contributed by atoms with Crippen LogP contribution >= 0.6 is 0 Å². The maximum Gasteiger partial charge on any atom is 0.257 e. The van der Waals surface area contributed by atoms with Crippen molar-refractivity contribution in [3.05, 3.63) is 41.6 Å². The van der Waals surface area contributed by atoms with E-state index in [4.69, 9.17) is 10.5 Å². The number of hydrogen-bond donors (Lipinski definition) is 3. The van der Waals surface area contributed by atoms with Gasteiger partial charge in [0.25, 0.3) is 10.0 Å². The largest absolute Gasteiger partial charge is 0.492 e. The van der Waals surface area contributed by atoms with Gasteiger partial charge < -0.3 is 10.5 Å². The number of aromatic amines is 1. The summed E-state index contributed by atoms with van der Waals surface area (Å²) in [6.07, 6.45) is 1.40. The van der Waals surface area contributed by atoms with E-state index in [0.29, 0.717) is 11.3 Å². The number of benzene rings is 1. The van der Waals surface area contributed by atoms with Crippen molar-refractivity contribution in [1.82, 2.24) is 14.9 Å². The second-order valence-corrected chi connectivity index (χ2v) is 6.20. The van der Waals surface area contributed by atoms with Crippen LogP contribution in [0.5, 0.6) is 5.75 Å². The third-order valence-corrected chi connectivity index (χ3v) is 4.29. The molecular formula is C13H18N4O3S. The fraction of sp³-hybridized carbons (Fsp3) is 0.308. The summed E-state index contributed by atoms with van der Waals surface area (Å²) >= 11 is 0. The van der Waals surface area contributed by atoms with Gasteiger partial charge in [0.1, 0.15) is 12.4 Å². The van der Waals surface area contributed by atoms with Crippen molar-refractivity contribution < 1.29 is 13.2 Å². The third-order valence-electron chi connectivity index (χ3n) is 2.82. The highest BCUT2D eigenvalue weighted by molar-refractivity contribution is 7.89. The highest BCUT2D eigenvalue weighted by Gasteiger charge is 2.19. The minimum atomic E-state index is -3.65. The molecule has 2 rings (SSSR count). The number of hydrogen-bond acceptors (Lipinski definition) is 5. The Kier molecular flexibility index (Phi) is 4.94. The highest BCUT2D eigenvalue weighted by Crippen LogP contribution is 2.12. The number of nitrogens with zero attached hydrogens (tertiary/aromatic N) is 1. The Morgan fingerprint density at radius 2 is 2.24 bits per heavy atom. The van der Waals surface area contributed by atoms with E-state index in [9.17, 15) is 8.42 Å². The average molecular weight is 310 g/mol. The molecule has 0 aliphatic rings. The van der Waals surface area contributed by atoms with E-state index in [1.165, 1.54) is 6.20 Å². The maximum atomic E-state index is 12.0. The summed E-state index contributed by atoms with van der Waals surface area (Å²) < 4.78 is 32.0. The minimum Gasteiger partial charge on any atom is -0.492 e. The summed E-state index contributed by atoms with van der Waals surface area (Å²) in [6.45, 7) is 2.45. The summed E-state index contributed by atoms with van der Waals surface area (Å²) in [4.78, 5) is 0. The van der Waals surface area contributed by atoms with E-state index in [1.54, 1.807) is 0 Å². The summed E-state index contributed by atoms with van der Waals surface area (Å²) in [5, 5.41) is 6.13. The molecule has 114 valence electrons. The lowest BCUT2D eigenvalue weighted by Crippen LogP contribution is -2.29. The van der Waals surface area contributed by atoms with Gasteiger partial charge >= 0.3 is 0 Å². The van der Waals surface area contributed by atoms with E-state index in [0.717, 1.165) is 5.56 Å². The van der Waals surface area contributed by atoms with Crippen molar-refractivity contribution in [1.29, 1.82) is 0 Å². The molecule has 0 saturated heterocycles. The lowest BCUT2D eigenvalue weighted by atomic mass is 10.2. The highest BCUT2D eigenvalue weighted by atomic mass is 32.2. The van der Waals surface area contributed by atoms with Crippen molar-refractivity contribution in [2.45, 2.75) is 18.5 Å². The van der Waals surface area contributed by atoms with Crippen LogP contribution in [-0.2, 0) is 16.6 Å². The molecular weight excluding hydrogens is 292 g/mol. The van der Waals surface area contributed by atoms with Gasteiger partial charge in [-0.3, -0.25) is 5.10 Å². The van der Waals surface area contributed by atoms with Crippen LogP contribution in [0, 0.1) is 6.92 Å². The van der Waals surface area contributed by atoms with E-state index in [1.807, 2.05) is 31.2 Å². The second kappa shape index (κ2) is 6.70. The van der Waals surface area contributed by atoms with Crippen LogP contribution in [0.15, 0.2) is 35.5 Å². The van der Waals surface area contributed by atoms with Crippen LogP contribution in [0.4, 0.5) is 0 Å². The smallest absolute Gasteiger partial charge is 0.257 e. The number of aromatic nitrogens is 2. The molecule has 0 spiro atoms. The quantitative estimate of drug-likeness (QED) is 0.646. The van der Waals surface area contributed by atoms with Crippen LogP contribution in [0.25, 0.3) is 0 Å². The molecule has 8 heteroatoms. The van der Waals surface area contributed by atoms with E-state index in [-0.39, 0.29) is 24.7 Å². The number of rotatable bonds is 7. The molecule has 1 heterocycles. The fourth-order valence-corrected chi connectivity index (χ4v) is 2.95. The van der Waals surface area contributed by atoms with Gasteiger partial charge in [-0.1, -0.05) is 12.1 Å². The molecule has 1 aromatic carbocycles. The molecule has 7 nitrogen and oxygen atoms in total. The number of H-pyrrole nitrogens is 1. The SMILES string of the molecule is Cc1cccc(OCCNS(=O)(=O)c2[nH]ncc2CN)c1. The summed E-state index contributed by atoms with van der Waals surface area (Å²) in [6, 6.07) is 7.55. The van der Waals surface area contributed by atoms with E-state index in [2.05, 4.69) is 14.9 Å². The van der Waals surface area contributed by atoms with Crippen molar-refractivity contribution in [2.75, 3.05) is 13.2 Å². The molecule has 0 bridgehead atoms. The third kappa shape index (κ3) is 4.03. The Morgan fingerprint density at radius 1 is 1.43 bits per heavy atom. The van der Waals surface area contributed by atoms with Crippen LogP contribution in [-0.4, -0.2) is 31.8 Å². The predicted molar refractivity (Wildman–Crippen MR) is 78.3 cm³/mol. The maximum absolute atomic E-state index is 12.0. The lowest BCUT2D eigenvalue weighted by molar-refractivity contribution is 0.322. The molecule has 1 aromatic heterocycles. The lowest BCUT2D eigenvalue weighted by Gasteiger charge is -2.08. The molecule has 0 fully saturated rings. The first-order valence-electron chi connectivity index (χ1n) is 6.44. The Hall–Kier alpha value is -1.90. The van der Waals surface area contributed by atoms with E-state index >= 15 is 0 Å². The molecule has 0 radical (unpaired) electrons. The first-order chi connectivity index (χ1) is 10.0. The monoisotopic (exact) mass is 310 g/mol. The first-order valence-corrected chi connectivity index (χ1v) is 7.92. The van der Waals surface area contributed by atoms with Gasteiger partial charge in [0.05, 0.1) is 6.20 Å². The molecule has 0 unspecified atom stereocenters. The number of sulfonamides is 1.